The number of carboxylic acid groups (broad SMARTS) is 1. The monoisotopic (exact) mass is 540 g/mol. The molecule has 0 unspecified atom stereocenters. The van der Waals surface area contributed by atoms with Gasteiger partial charge < -0.3 is 14.6 Å². The van der Waals surface area contributed by atoms with Gasteiger partial charge in [0.2, 0.25) is 0 Å². The molecule has 1 N–H and O–H groups in total. The van der Waals surface area contributed by atoms with Crippen molar-refractivity contribution >= 4 is 53.9 Å². The van der Waals surface area contributed by atoms with Gasteiger partial charge in [0.1, 0.15) is 0 Å². The summed E-state index contributed by atoms with van der Waals surface area (Å²) < 4.78 is 41.9. The molecule has 3 heterocycles. The number of nitrogens with zero attached hydrogens (tertiary/aromatic N) is 4. The van der Waals surface area contributed by atoms with Gasteiger partial charge in [-0.15, -0.1) is 24.8 Å². The Labute approximate surface area is 213 Å². The molecule has 12 heteroatoms. The molecular weight excluding hydrogens is 516 g/mol. The van der Waals surface area contributed by atoms with Gasteiger partial charge in [0.05, 0.1) is 22.4 Å². The summed E-state index contributed by atoms with van der Waals surface area (Å²) in [6.45, 7) is 6.26. The van der Waals surface area contributed by atoms with E-state index >= 15 is 0 Å². The minimum Gasteiger partial charge on any atom is -0.481 e. The molecule has 0 saturated carbocycles. The zero-order valence-electron chi connectivity index (χ0n) is 18.6. The lowest BCUT2D eigenvalue weighted by Crippen LogP contribution is -2.52. The Hall–Kier alpha value is -1.94. The van der Waals surface area contributed by atoms with E-state index in [1.807, 2.05) is 4.90 Å². The maximum Gasteiger partial charge on any atom is 0.417 e. The molecule has 2 aromatic rings. The molecule has 1 aromatic carbocycles. The number of piperazine rings is 1. The van der Waals surface area contributed by atoms with Crippen LogP contribution in [0.3, 0.4) is 0 Å². The largest absolute Gasteiger partial charge is 0.481 e. The van der Waals surface area contributed by atoms with Crippen LogP contribution in [-0.4, -0.2) is 64.0 Å². The Morgan fingerprint density at radius 2 is 1.76 bits per heavy atom. The second-order valence-corrected chi connectivity index (χ2v) is 9.34. The van der Waals surface area contributed by atoms with Crippen molar-refractivity contribution in [3.8, 4) is 0 Å². The van der Waals surface area contributed by atoms with Crippen LogP contribution in [0.15, 0.2) is 35.5 Å². The Kier molecular flexibility index (Phi) is 8.62. The summed E-state index contributed by atoms with van der Waals surface area (Å²) in [5.74, 6) is -0.375. The first kappa shape index (κ1) is 28.3. The third-order valence-corrected chi connectivity index (χ3v) is 6.17. The van der Waals surface area contributed by atoms with E-state index in [2.05, 4.69) is 4.90 Å². The lowest BCUT2D eigenvalue weighted by molar-refractivity contribution is -0.148. The average Bonchev–Trinajstić information content (AvgIpc) is 3.06. The van der Waals surface area contributed by atoms with Crippen molar-refractivity contribution < 1.29 is 23.1 Å². The van der Waals surface area contributed by atoms with E-state index in [0.717, 1.165) is 17.8 Å². The standard InChI is InChI=1S/C22H24ClF3N4O2.2ClH/c1-21(2,20(31)32)13-28-5-7-29(8-6-28)19-18-10-15(22(24,25)26)12-30(18)11-14-9-16(23)3-4-17(14)27-19;;/h3-4,9-10,12H,5-8,11,13H2,1-2H3,(H,31,32);2*1H. The van der Waals surface area contributed by atoms with Crippen LogP contribution in [0.1, 0.15) is 30.7 Å². The van der Waals surface area contributed by atoms with Crippen LogP contribution in [0.4, 0.5) is 18.9 Å². The van der Waals surface area contributed by atoms with Crippen LogP contribution < -0.4 is 0 Å². The van der Waals surface area contributed by atoms with E-state index in [4.69, 9.17) is 16.6 Å². The zero-order chi connectivity index (χ0) is 23.3. The predicted octanol–water partition coefficient (Wildman–Crippen LogP) is 5.17. The highest BCUT2D eigenvalue weighted by molar-refractivity contribution is 6.30. The number of aliphatic imine (C=N–C) groups is 1. The topological polar surface area (TPSA) is 61.1 Å². The quantitative estimate of drug-likeness (QED) is 0.582. The molecule has 0 radical (unpaired) electrons. The van der Waals surface area contributed by atoms with Crippen molar-refractivity contribution in [2.45, 2.75) is 26.6 Å². The van der Waals surface area contributed by atoms with Gasteiger partial charge in [0.25, 0.3) is 0 Å². The molecule has 34 heavy (non-hydrogen) atoms. The molecule has 4 rings (SSSR count). The van der Waals surface area contributed by atoms with E-state index in [-0.39, 0.29) is 31.4 Å². The minimum atomic E-state index is -4.46. The van der Waals surface area contributed by atoms with Crippen molar-refractivity contribution in [2.24, 2.45) is 10.4 Å². The predicted molar refractivity (Wildman–Crippen MR) is 130 cm³/mol. The van der Waals surface area contributed by atoms with Crippen molar-refractivity contribution in [3.63, 3.8) is 0 Å². The number of fused-ring (bicyclic) bond motifs is 2. The molecule has 0 bridgehead atoms. The lowest BCUT2D eigenvalue weighted by Gasteiger charge is -2.38. The number of amidine groups is 1. The number of rotatable bonds is 3. The highest BCUT2D eigenvalue weighted by Crippen LogP contribution is 2.35. The van der Waals surface area contributed by atoms with Crippen molar-refractivity contribution in [1.29, 1.82) is 0 Å². The van der Waals surface area contributed by atoms with Crippen molar-refractivity contribution in [2.75, 3.05) is 32.7 Å². The number of benzene rings is 1. The minimum absolute atomic E-state index is 0. The molecule has 6 nitrogen and oxygen atoms in total. The van der Waals surface area contributed by atoms with E-state index in [0.29, 0.717) is 55.0 Å². The first-order valence-electron chi connectivity index (χ1n) is 10.3. The molecule has 0 atom stereocenters. The number of hydrogen-bond donors (Lipinski definition) is 1. The molecule has 1 saturated heterocycles. The number of halogens is 6. The molecule has 1 aromatic heterocycles. The Bertz CT molecular complexity index is 1080. The van der Waals surface area contributed by atoms with Crippen LogP contribution in [0.2, 0.25) is 5.02 Å². The Morgan fingerprint density at radius 1 is 1.12 bits per heavy atom. The number of aliphatic carboxylic acids is 1. The number of hydrogen-bond acceptors (Lipinski definition) is 4. The van der Waals surface area contributed by atoms with Gasteiger partial charge in [-0.3, -0.25) is 9.69 Å². The molecule has 1 fully saturated rings. The smallest absolute Gasteiger partial charge is 0.417 e. The van der Waals surface area contributed by atoms with E-state index in [1.54, 1.807) is 36.6 Å². The fourth-order valence-electron chi connectivity index (χ4n) is 4.11. The SMILES string of the molecule is CC(C)(CN1CCN(C2=Nc3ccc(Cl)cc3Cn3cc(C(F)(F)F)cc32)CC1)C(=O)O.Cl.Cl. The van der Waals surface area contributed by atoms with Gasteiger partial charge in [-0.2, -0.15) is 13.2 Å². The van der Waals surface area contributed by atoms with Crippen LogP contribution >= 0.6 is 36.4 Å². The molecule has 0 amide bonds. The zero-order valence-corrected chi connectivity index (χ0v) is 21.0. The summed E-state index contributed by atoms with van der Waals surface area (Å²) in [5, 5.41) is 9.89. The van der Waals surface area contributed by atoms with Gasteiger partial charge in [-0.05, 0) is 43.7 Å². The average molecular weight is 542 g/mol. The summed E-state index contributed by atoms with van der Waals surface area (Å²) in [6.07, 6.45) is -3.34. The van der Waals surface area contributed by atoms with Gasteiger partial charge in [-0.25, -0.2) is 4.99 Å². The lowest BCUT2D eigenvalue weighted by atomic mass is 9.93. The molecule has 0 aliphatic carbocycles. The molecule has 2 aliphatic heterocycles. The fraction of sp³-hybridized carbons (Fsp3) is 0.455. The summed E-state index contributed by atoms with van der Waals surface area (Å²) in [4.78, 5) is 20.2. The second kappa shape index (κ2) is 10.4. The fourth-order valence-corrected chi connectivity index (χ4v) is 4.30. The highest BCUT2D eigenvalue weighted by atomic mass is 35.5. The summed E-state index contributed by atoms with van der Waals surface area (Å²) in [6, 6.07) is 6.37. The molecule has 188 valence electrons. The number of aromatic nitrogens is 1. The van der Waals surface area contributed by atoms with Gasteiger partial charge in [0.15, 0.2) is 5.84 Å². The summed E-state index contributed by atoms with van der Waals surface area (Å²) in [5.41, 5.74) is 0.240. The first-order chi connectivity index (χ1) is 14.9. The third-order valence-electron chi connectivity index (χ3n) is 5.93. The maximum absolute atomic E-state index is 13.4. The van der Waals surface area contributed by atoms with Crippen LogP contribution in [0, 0.1) is 5.41 Å². The van der Waals surface area contributed by atoms with Crippen LogP contribution in [0.25, 0.3) is 0 Å². The molecular formula is C22H26Cl3F3N4O2. The van der Waals surface area contributed by atoms with Gasteiger partial charge >= 0.3 is 12.1 Å². The molecule has 0 spiro atoms. The normalized spacial score (nSPS) is 16.4. The van der Waals surface area contributed by atoms with Crippen LogP contribution in [-0.2, 0) is 17.5 Å². The number of carboxylic acids is 1. The maximum atomic E-state index is 13.4. The van der Waals surface area contributed by atoms with E-state index in [9.17, 15) is 23.1 Å². The van der Waals surface area contributed by atoms with Gasteiger partial charge in [-0.1, -0.05) is 11.6 Å². The molecule has 2 aliphatic rings. The first-order valence-corrected chi connectivity index (χ1v) is 10.7. The van der Waals surface area contributed by atoms with Gasteiger partial charge in [0, 0.05) is 50.5 Å². The number of carbonyl (C=O) groups is 1. The van der Waals surface area contributed by atoms with Crippen LogP contribution in [0.5, 0.6) is 0 Å². The summed E-state index contributed by atoms with van der Waals surface area (Å²) >= 11 is 6.12. The van der Waals surface area contributed by atoms with Crippen molar-refractivity contribution in [3.05, 3.63) is 52.3 Å². The van der Waals surface area contributed by atoms with E-state index < -0.39 is 23.1 Å². The van der Waals surface area contributed by atoms with E-state index in [1.165, 1.54) is 0 Å². The Morgan fingerprint density at radius 3 is 2.35 bits per heavy atom. The third kappa shape index (κ3) is 5.82. The highest BCUT2D eigenvalue weighted by Gasteiger charge is 2.36. The summed E-state index contributed by atoms with van der Waals surface area (Å²) in [7, 11) is 0. The Balaban J connectivity index is 0.00000204. The van der Waals surface area contributed by atoms with Crippen molar-refractivity contribution in [1.82, 2.24) is 14.4 Å². The number of alkyl halides is 3. The second-order valence-electron chi connectivity index (χ2n) is 8.90.